The Balaban J connectivity index is 1.78. The molecule has 0 bridgehead atoms. The third-order valence-corrected chi connectivity index (χ3v) is 8.72. The van der Waals surface area contributed by atoms with Gasteiger partial charge in [-0.2, -0.15) is 0 Å². The monoisotopic (exact) mass is 554 g/mol. The Kier molecular flexibility index (Phi) is 12.7. The number of anilines is 1. The molecule has 6 N–H and O–H groups in total. The summed E-state index contributed by atoms with van der Waals surface area (Å²) in [4.78, 5) is 12.9. The molecular weight excluding hydrogens is 507 g/mol. The fourth-order valence-electron chi connectivity index (χ4n) is 6.18. The van der Waals surface area contributed by atoms with E-state index in [1.54, 1.807) is 18.2 Å². The molecule has 1 aromatic rings. The summed E-state index contributed by atoms with van der Waals surface area (Å²) in [5.74, 6) is 0.427. The largest absolute Gasteiger partial charge is 0.321 e. The Labute approximate surface area is 234 Å². The molecule has 3 atom stereocenters. The molecule has 9 heteroatoms. The quantitative estimate of drug-likeness (QED) is 0.220. The molecule has 0 radical (unpaired) electrons. The van der Waals surface area contributed by atoms with Crippen LogP contribution in [0.4, 0.5) is 10.5 Å². The Morgan fingerprint density at radius 1 is 0.973 bits per heavy atom. The highest BCUT2D eigenvalue weighted by Crippen LogP contribution is 2.43. The molecule has 1 aromatic carbocycles. The van der Waals surface area contributed by atoms with Gasteiger partial charge in [-0.15, -0.1) is 0 Å². The van der Waals surface area contributed by atoms with Gasteiger partial charge in [0.15, 0.2) is 0 Å². The molecule has 3 unspecified atom stereocenters. The lowest BCUT2D eigenvalue weighted by molar-refractivity contribution is -0.0105. The van der Waals surface area contributed by atoms with Crippen molar-refractivity contribution in [1.29, 1.82) is 0 Å². The fourth-order valence-corrected chi connectivity index (χ4v) is 6.48. The maximum Gasteiger partial charge on any atom is 0.321 e. The third kappa shape index (κ3) is 8.97. The Hall–Kier alpha value is -1.09. The molecule has 1 saturated heterocycles. The topological polar surface area (TPSA) is 89.2 Å². The van der Waals surface area contributed by atoms with E-state index in [1.807, 2.05) is 7.05 Å². The zero-order valence-electron chi connectivity index (χ0n) is 22.9. The molecule has 210 valence electrons. The summed E-state index contributed by atoms with van der Waals surface area (Å²) < 4.78 is 0. The van der Waals surface area contributed by atoms with Gasteiger partial charge in [-0.3, -0.25) is 10.6 Å². The maximum atomic E-state index is 12.9. The van der Waals surface area contributed by atoms with Crippen molar-refractivity contribution in [3.63, 3.8) is 0 Å². The Morgan fingerprint density at radius 3 is 2.22 bits per heavy atom. The number of amides is 2. The molecule has 0 aromatic heterocycles. The van der Waals surface area contributed by atoms with Crippen LogP contribution in [0.25, 0.3) is 0 Å². The molecule has 2 aliphatic rings. The van der Waals surface area contributed by atoms with Crippen LogP contribution >= 0.6 is 23.2 Å². The summed E-state index contributed by atoms with van der Waals surface area (Å²) in [6, 6.07) is 5.06. The number of nitrogens with one attached hydrogen (secondary N) is 6. The number of carbonyl (C=O) groups is 1. The van der Waals surface area contributed by atoms with Gasteiger partial charge >= 0.3 is 6.03 Å². The molecule has 37 heavy (non-hydrogen) atoms. The first kappa shape index (κ1) is 30.5. The zero-order valence-corrected chi connectivity index (χ0v) is 24.4. The Bertz CT molecular complexity index is 827. The number of halogens is 2. The second-order valence-corrected chi connectivity index (χ2v) is 11.9. The molecule has 3 rings (SSSR count). The normalized spacial score (nSPS) is 25.0. The van der Waals surface area contributed by atoms with Crippen LogP contribution in [0, 0.1) is 11.3 Å². The fraction of sp³-hybridized carbons (Fsp3) is 0.750. The number of benzene rings is 1. The minimum atomic E-state index is -0.360. The van der Waals surface area contributed by atoms with E-state index in [4.69, 9.17) is 23.2 Å². The van der Waals surface area contributed by atoms with E-state index >= 15 is 0 Å². The lowest BCUT2D eigenvalue weighted by Gasteiger charge is -2.55. The van der Waals surface area contributed by atoms with Gasteiger partial charge in [0, 0.05) is 17.1 Å². The molecule has 1 spiro atoms. The van der Waals surface area contributed by atoms with Gasteiger partial charge in [0.2, 0.25) is 0 Å². The van der Waals surface area contributed by atoms with Crippen molar-refractivity contribution in [2.75, 3.05) is 25.5 Å². The maximum absolute atomic E-state index is 12.9. The number of hydrogen-bond acceptors (Lipinski definition) is 5. The van der Waals surface area contributed by atoms with Crippen molar-refractivity contribution in [2.45, 2.75) is 103 Å². The predicted molar refractivity (Wildman–Crippen MR) is 156 cm³/mol. The minimum absolute atomic E-state index is 0.0799. The van der Waals surface area contributed by atoms with E-state index in [0.717, 1.165) is 19.5 Å². The van der Waals surface area contributed by atoms with E-state index in [9.17, 15) is 4.79 Å². The van der Waals surface area contributed by atoms with E-state index in [0.29, 0.717) is 21.7 Å². The average Bonchev–Trinajstić information content (AvgIpc) is 2.91. The summed E-state index contributed by atoms with van der Waals surface area (Å²) in [6.07, 6.45) is 13.7. The molecule has 1 saturated carbocycles. The van der Waals surface area contributed by atoms with Crippen molar-refractivity contribution in [2.24, 2.45) is 11.3 Å². The van der Waals surface area contributed by atoms with E-state index in [-0.39, 0.29) is 29.9 Å². The first-order valence-corrected chi connectivity index (χ1v) is 15.0. The van der Waals surface area contributed by atoms with E-state index in [2.05, 4.69) is 45.7 Å². The lowest BCUT2D eigenvalue weighted by Crippen LogP contribution is -2.77. The van der Waals surface area contributed by atoms with Crippen LogP contribution in [-0.4, -0.2) is 44.7 Å². The van der Waals surface area contributed by atoms with Crippen LogP contribution in [0.1, 0.15) is 84.5 Å². The van der Waals surface area contributed by atoms with Gasteiger partial charge in [0.25, 0.3) is 0 Å². The van der Waals surface area contributed by atoms with Crippen molar-refractivity contribution >= 4 is 34.9 Å². The highest BCUT2D eigenvalue weighted by atomic mass is 35.5. The molecule has 2 amide bonds. The van der Waals surface area contributed by atoms with Crippen molar-refractivity contribution in [3.05, 3.63) is 28.2 Å². The standard InChI is InChI=1S/C28H48Cl2N6O/c1-20(2)24-28(15-10-8-6-4-5-7-9-11-16-28)25(32-18-12-17-31-3)35-26(34-24)36-27(37)33-21-13-14-22(29)23(30)19-21/h13-14,19-20,24-26,31-32,34-35H,4-12,15-18H2,1-3H3,(H2,33,36,37). The third-order valence-electron chi connectivity index (χ3n) is 7.98. The van der Waals surface area contributed by atoms with Crippen LogP contribution < -0.4 is 31.9 Å². The summed E-state index contributed by atoms with van der Waals surface area (Å²) in [6.45, 7) is 6.51. The van der Waals surface area contributed by atoms with E-state index < -0.39 is 0 Å². The zero-order chi connectivity index (χ0) is 26.7. The highest BCUT2D eigenvalue weighted by Gasteiger charge is 2.50. The van der Waals surface area contributed by atoms with Crippen molar-refractivity contribution in [1.82, 2.24) is 26.6 Å². The second-order valence-electron chi connectivity index (χ2n) is 11.1. The first-order chi connectivity index (χ1) is 17.9. The number of rotatable bonds is 8. The molecule has 1 aliphatic heterocycles. The number of carbonyl (C=O) groups excluding carboxylic acids is 1. The minimum Gasteiger partial charge on any atom is -0.320 e. The van der Waals surface area contributed by atoms with Crippen molar-refractivity contribution < 1.29 is 4.79 Å². The Morgan fingerprint density at radius 2 is 1.62 bits per heavy atom. The van der Waals surface area contributed by atoms with Crippen LogP contribution in [0.5, 0.6) is 0 Å². The van der Waals surface area contributed by atoms with Crippen LogP contribution in [0.2, 0.25) is 10.0 Å². The van der Waals surface area contributed by atoms with Gasteiger partial charge in [0.1, 0.15) is 6.29 Å². The first-order valence-electron chi connectivity index (χ1n) is 14.3. The van der Waals surface area contributed by atoms with Crippen LogP contribution in [0.3, 0.4) is 0 Å². The lowest BCUT2D eigenvalue weighted by atomic mass is 9.65. The predicted octanol–water partition coefficient (Wildman–Crippen LogP) is 6.04. The molecule has 7 nitrogen and oxygen atoms in total. The van der Waals surface area contributed by atoms with Gasteiger partial charge in [-0.05, 0) is 63.5 Å². The van der Waals surface area contributed by atoms with E-state index in [1.165, 1.54) is 64.2 Å². The number of hydrogen-bond donors (Lipinski definition) is 6. The average molecular weight is 556 g/mol. The summed E-state index contributed by atoms with van der Waals surface area (Å²) in [7, 11) is 2.00. The SMILES string of the molecule is CNCCCNC1NC(NC(=O)Nc2ccc(Cl)c(Cl)c2)NC(C(C)C)C12CCCCCCCCCC2. The number of urea groups is 1. The smallest absolute Gasteiger partial charge is 0.320 e. The molecular formula is C28H48Cl2N6O. The second kappa shape index (κ2) is 15.5. The van der Waals surface area contributed by atoms with Gasteiger partial charge in [0.05, 0.1) is 16.2 Å². The molecule has 1 heterocycles. The van der Waals surface area contributed by atoms with Gasteiger partial charge < -0.3 is 21.3 Å². The molecule has 2 fully saturated rings. The van der Waals surface area contributed by atoms with Crippen LogP contribution in [0.15, 0.2) is 18.2 Å². The van der Waals surface area contributed by atoms with Gasteiger partial charge in [-0.1, -0.05) is 88.4 Å². The summed E-state index contributed by atoms with van der Waals surface area (Å²) in [5.41, 5.74) is 0.681. The van der Waals surface area contributed by atoms with Crippen molar-refractivity contribution in [3.8, 4) is 0 Å². The highest BCUT2D eigenvalue weighted by molar-refractivity contribution is 6.42. The van der Waals surface area contributed by atoms with Crippen LogP contribution in [-0.2, 0) is 0 Å². The molecule has 1 aliphatic carbocycles. The summed E-state index contributed by atoms with van der Waals surface area (Å²) >= 11 is 12.2. The van der Waals surface area contributed by atoms with Gasteiger partial charge in [-0.25, -0.2) is 4.79 Å². The summed E-state index contributed by atoms with van der Waals surface area (Å²) in [5, 5.41) is 21.5.